The summed E-state index contributed by atoms with van der Waals surface area (Å²) in [6, 6.07) is 13.7. The molecule has 0 aliphatic heterocycles. The van der Waals surface area contributed by atoms with Crippen molar-refractivity contribution >= 4 is 17.3 Å². The van der Waals surface area contributed by atoms with Crippen LogP contribution in [-0.2, 0) is 6.54 Å². The normalized spacial score (nSPS) is 10.8. The van der Waals surface area contributed by atoms with Crippen LogP contribution in [0.4, 0.5) is 11.4 Å². The number of hydrogen-bond acceptors (Lipinski definition) is 4. The lowest BCUT2D eigenvalue weighted by molar-refractivity contribution is 0.0697. The SMILES string of the molecule is NCc1ccc(/N=N/c2ccc(C(=O)O)cc2)cc1. The Labute approximate surface area is 110 Å². The van der Waals surface area contributed by atoms with Gasteiger partial charge < -0.3 is 10.8 Å². The Morgan fingerprint density at radius 1 is 0.947 bits per heavy atom. The van der Waals surface area contributed by atoms with E-state index in [0.29, 0.717) is 12.2 Å². The summed E-state index contributed by atoms with van der Waals surface area (Å²) in [5.74, 6) is -0.958. The fourth-order valence-corrected chi connectivity index (χ4v) is 1.48. The summed E-state index contributed by atoms with van der Waals surface area (Å²) in [5, 5.41) is 16.9. The summed E-state index contributed by atoms with van der Waals surface area (Å²) in [4.78, 5) is 10.7. The molecule has 0 fully saturated rings. The molecular weight excluding hydrogens is 242 g/mol. The average Bonchev–Trinajstić information content (AvgIpc) is 2.46. The van der Waals surface area contributed by atoms with E-state index in [1.807, 2.05) is 24.3 Å². The second kappa shape index (κ2) is 5.88. The van der Waals surface area contributed by atoms with E-state index in [-0.39, 0.29) is 5.56 Å². The van der Waals surface area contributed by atoms with Gasteiger partial charge in [0.2, 0.25) is 0 Å². The van der Waals surface area contributed by atoms with Crippen molar-refractivity contribution in [1.29, 1.82) is 0 Å². The molecule has 5 nitrogen and oxygen atoms in total. The first-order valence-electron chi connectivity index (χ1n) is 5.73. The number of azo groups is 1. The van der Waals surface area contributed by atoms with Gasteiger partial charge in [0.1, 0.15) is 0 Å². The molecular formula is C14H13N3O2. The minimum Gasteiger partial charge on any atom is -0.478 e. The van der Waals surface area contributed by atoms with Crippen molar-refractivity contribution in [3.63, 3.8) is 0 Å². The molecule has 0 saturated heterocycles. The third-order valence-electron chi connectivity index (χ3n) is 2.57. The zero-order chi connectivity index (χ0) is 13.7. The molecule has 0 saturated carbocycles. The van der Waals surface area contributed by atoms with E-state index in [2.05, 4.69) is 10.2 Å². The van der Waals surface area contributed by atoms with Gasteiger partial charge in [-0.1, -0.05) is 12.1 Å². The van der Waals surface area contributed by atoms with E-state index in [4.69, 9.17) is 10.8 Å². The van der Waals surface area contributed by atoms with Crippen molar-refractivity contribution < 1.29 is 9.90 Å². The van der Waals surface area contributed by atoms with Crippen LogP contribution < -0.4 is 5.73 Å². The molecule has 19 heavy (non-hydrogen) atoms. The first-order valence-corrected chi connectivity index (χ1v) is 5.73. The predicted molar refractivity (Wildman–Crippen MR) is 71.9 cm³/mol. The van der Waals surface area contributed by atoms with Gasteiger partial charge in [0.05, 0.1) is 16.9 Å². The number of rotatable bonds is 4. The minimum absolute atomic E-state index is 0.228. The zero-order valence-electron chi connectivity index (χ0n) is 10.2. The molecule has 0 amide bonds. The summed E-state index contributed by atoms with van der Waals surface area (Å²) in [6.45, 7) is 0.494. The largest absolute Gasteiger partial charge is 0.478 e. The van der Waals surface area contributed by atoms with Gasteiger partial charge in [-0.15, -0.1) is 0 Å². The van der Waals surface area contributed by atoms with Crippen molar-refractivity contribution in [2.24, 2.45) is 16.0 Å². The van der Waals surface area contributed by atoms with Crippen LogP contribution in [-0.4, -0.2) is 11.1 Å². The van der Waals surface area contributed by atoms with Gasteiger partial charge in [-0.25, -0.2) is 4.79 Å². The lowest BCUT2D eigenvalue weighted by Crippen LogP contribution is -1.94. The van der Waals surface area contributed by atoms with Crippen LogP contribution in [0.1, 0.15) is 15.9 Å². The molecule has 0 heterocycles. The molecule has 0 aromatic heterocycles. The first-order chi connectivity index (χ1) is 9.19. The van der Waals surface area contributed by atoms with E-state index in [9.17, 15) is 4.79 Å². The predicted octanol–water partition coefficient (Wildman–Crippen LogP) is 3.26. The summed E-state index contributed by atoms with van der Waals surface area (Å²) in [6.07, 6.45) is 0. The molecule has 96 valence electrons. The van der Waals surface area contributed by atoms with Gasteiger partial charge in [0.25, 0.3) is 0 Å². The first kappa shape index (κ1) is 12.9. The lowest BCUT2D eigenvalue weighted by Gasteiger charge is -1.97. The topological polar surface area (TPSA) is 88.0 Å². The Hall–Kier alpha value is -2.53. The quantitative estimate of drug-likeness (QED) is 0.822. The van der Waals surface area contributed by atoms with Gasteiger partial charge in [0.15, 0.2) is 0 Å². The fourth-order valence-electron chi connectivity index (χ4n) is 1.48. The molecule has 0 atom stereocenters. The molecule has 2 rings (SSSR count). The second-order valence-corrected chi connectivity index (χ2v) is 3.92. The Bertz CT molecular complexity index is 589. The Kier molecular flexibility index (Phi) is 4.00. The molecule has 0 aliphatic carbocycles. The van der Waals surface area contributed by atoms with Crippen molar-refractivity contribution in [2.45, 2.75) is 6.54 Å². The number of carboxylic acids is 1. The van der Waals surface area contributed by atoms with Gasteiger partial charge in [-0.2, -0.15) is 10.2 Å². The molecule has 0 aliphatic rings. The Morgan fingerprint density at radius 3 is 1.84 bits per heavy atom. The number of hydrogen-bond donors (Lipinski definition) is 2. The monoisotopic (exact) mass is 255 g/mol. The number of nitrogens with zero attached hydrogens (tertiary/aromatic N) is 2. The molecule has 0 spiro atoms. The van der Waals surface area contributed by atoms with Gasteiger partial charge in [-0.05, 0) is 42.0 Å². The number of carbonyl (C=O) groups is 1. The average molecular weight is 255 g/mol. The summed E-state index contributed by atoms with van der Waals surface area (Å²) >= 11 is 0. The Morgan fingerprint density at radius 2 is 1.42 bits per heavy atom. The maximum absolute atomic E-state index is 10.7. The number of aromatic carboxylic acids is 1. The third kappa shape index (κ3) is 3.46. The van der Waals surface area contributed by atoms with Crippen LogP contribution in [0.5, 0.6) is 0 Å². The molecule has 3 N–H and O–H groups in total. The second-order valence-electron chi connectivity index (χ2n) is 3.92. The van der Waals surface area contributed by atoms with E-state index in [0.717, 1.165) is 11.3 Å². The Balaban J connectivity index is 2.10. The van der Waals surface area contributed by atoms with Crippen molar-refractivity contribution in [2.75, 3.05) is 0 Å². The number of nitrogens with two attached hydrogens (primary N) is 1. The van der Waals surface area contributed by atoms with Crippen molar-refractivity contribution in [1.82, 2.24) is 0 Å². The van der Waals surface area contributed by atoms with Crippen molar-refractivity contribution in [3.8, 4) is 0 Å². The van der Waals surface area contributed by atoms with E-state index >= 15 is 0 Å². The van der Waals surface area contributed by atoms with E-state index in [1.165, 1.54) is 12.1 Å². The summed E-state index contributed by atoms with van der Waals surface area (Å²) in [7, 11) is 0. The van der Waals surface area contributed by atoms with Gasteiger partial charge >= 0.3 is 5.97 Å². The lowest BCUT2D eigenvalue weighted by atomic mass is 10.2. The summed E-state index contributed by atoms with van der Waals surface area (Å²) < 4.78 is 0. The standard InChI is InChI=1S/C14H13N3O2/c15-9-10-1-5-12(6-2-10)16-17-13-7-3-11(4-8-13)14(18)19/h1-8H,9,15H2,(H,18,19)/b17-16+. The van der Waals surface area contributed by atoms with Gasteiger partial charge in [0, 0.05) is 6.54 Å². The molecule has 2 aromatic carbocycles. The van der Waals surface area contributed by atoms with Gasteiger partial charge in [-0.3, -0.25) is 0 Å². The molecule has 0 radical (unpaired) electrons. The fraction of sp³-hybridized carbons (Fsp3) is 0.0714. The highest BCUT2D eigenvalue weighted by Gasteiger charge is 2.00. The maximum atomic E-state index is 10.7. The summed E-state index contributed by atoms with van der Waals surface area (Å²) in [5.41, 5.74) is 8.09. The van der Waals surface area contributed by atoms with Crippen LogP contribution >= 0.6 is 0 Å². The highest BCUT2D eigenvalue weighted by Crippen LogP contribution is 2.19. The van der Waals surface area contributed by atoms with E-state index < -0.39 is 5.97 Å². The molecule has 0 bridgehead atoms. The van der Waals surface area contributed by atoms with E-state index in [1.54, 1.807) is 12.1 Å². The zero-order valence-corrected chi connectivity index (χ0v) is 10.2. The number of benzene rings is 2. The van der Waals surface area contributed by atoms with Crippen LogP contribution in [0, 0.1) is 0 Å². The van der Waals surface area contributed by atoms with Crippen LogP contribution in [0.15, 0.2) is 58.8 Å². The minimum atomic E-state index is -0.958. The van der Waals surface area contributed by atoms with Crippen LogP contribution in [0.25, 0.3) is 0 Å². The maximum Gasteiger partial charge on any atom is 0.335 e. The van der Waals surface area contributed by atoms with Crippen LogP contribution in [0.2, 0.25) is 0 Å². The number of carboxylic acid groups (broad SMARTS) is 1. The highest BCUT2D eigenvalue weighted by atomic mass is 16.4. The van der Waals surface area contributed by atoms with Crippen molar-refractivity contribution in [3.05, 3.63) is 59.7 Å². The third-order valence-corrected chi connectivity index (χ3v) is 2.57. The van der Waals surface area contributed by atoms with Crippen LogP contribution in [0.3, 0.4) is 0 Å². The molecule has 5 heteroatoms. The molecule has 2 aromatic rings. The highest BCUT2D eigenvalue weighted by molar-refractivity contribution is 5.87. The molecule has 0 unspecified atom stereocenters. The smallest absolute Gasteiger partial charge is 0.335 e.